The molecule has 110 valence electrons. The van der Waals surface area contributed by atoms with Gasteiger partial charge in [0.15, 0.2) is 0 Å². The first-order chi connectivity index (χ1) is 9.70. The molecule has 0 bridgehead atoms. The standard InChI is InChI=1S/C16H24N2O2/c17-10-9-15(19)13-7-4-8-14(11-13)18-16(20)12-5-2-1-3-6-12/h4,7-8,11-12,15,19H,1-3,5-6,9-10,17H2,(H,18,20). The highest BCUT2D eigenvalue weighted by atomic mass is 16.3. The van der Waals surface area contributed by atoms with Crippen molar-refractivity contribution in [1.29, 1.82) is 0 Å². The Balaban J connectivity index is 1.98. The third kappa shape index (κ3) is 4.05. The Morgan fingerprint density at radius 1 is 1.35 bits per heavy atom. The summed E-state index contributed by atoms with van der Waals surface area (Å²) < 4.78 is 0. The summed E-state index contributed by atoms with van der Waals surface area (Å²) in [5, 5.41) is 12.9. The van der Waals surface area contributed by atoms with E-state index in [1.54, 1.807) is 0 Å². The van der Waals surface area contributed by atoms with Gasteiger partial charge in [0.05, 0.1) is 6.10 Å². The van der Waals surface area contributed by atoms with E-state index in [0.29, 0.717) is 13.0 Å². The number of aliphatic hydroxyl groups excluding tert-OH is 1. The molecule has 1 aliphatic carbocycles. The summed E-state index contributed by atoms with van der Waals surface area (Å²) in [4.78, 5) is 12.2. The number of anilines is 1. The lowest BCUT2D eigenvalue weighted by Gasteiger charge is -2.21. The van der Waals surface area contributed by atoms with Gasteiger partial charge in [-0.3, -0.25) is 4.79 Å². The van der Waals surface area contributed by atoms with E-state index in [4.69, 9.17) is 5.73 Å². The van der Waals surface area contributed by atoms with Gasteiger partial charge >= 0.3 is 0 Å². The first-order valence-electron chi connectivity index (χ1n) is 7.49. The minimum atomic E-state index is -0.563. The zero-order valence-corrected chi connectivity index (χ0v) is 11.8. The molecule has 2 rings (SSSR count). The van der Waals surface area contributed by atoms with Crippen molar-refractivity contribution >= 4 is 11.6 Å². The summed E-state index contributed by atoms with van der Waals surface area (Å²) in [6, 6.07) is 7.41. The number of carbonyl (C=O) groups excluding carboxylic acids is 1. The Bertz CT molecular complexity index is 442. The summed E-state index contributed by atoms with van der Waals surface area (Å²) in [6.45, 7) is 0.444. The second-order valence-corrected chi connectivity index (χ2v) is 5.54. The quantitative estimate of drug-likeness (QED) is 0.773. The third-order valence-corrected chi connectivity index (χ3v) is 3.96. The highest BCUT2D eigenvalue weighted by Gasteiger charge is 2.21. The maximum absolute atomic E-state index is 12.2. The van der Waals surface area contributed by atoms with Gasteiger partial charge in [-0.25, -0.2) is 0 Å². The Kier molecular flexibility index (Phi) is 5.56. The smallest absolute Gasteiger partial charge is 0.227 e. The van der Waals surface area contributed by atoms with Crippen molar-refractivity contribution in [2.45, 2.75) is 44.6 Å². The summed E-state index contributed by atoms with van der Waals surface area (Å²) >= 11 is 0. The van der Waals surface area contributed by atoms with Gasteiger partial charge < -0.3 is 16.2 Å². The van der Waals surface area contributed by atoms with Crippen LogP contribution in [0.15, 0.2) is 24.3 Å². The zero-order chi connectivity index (χ0) is 14.4. The fraction of sp³-hybridized carbons (Fsp3) is 0.562. The van der Waals surface area contributed by atoms with Crippen LogP contribution in [0.5, 0.6) is 0 Å². The number of nitrogens with two attached hydrogens (primary N) is 1. The van der Waals surface area contributed by atoms with Gasteiger partial charge in [-0.1, -0.05) is 31.4 Å². The van der Waals surface area contributed by atoms with Crippen molar-refractivity contribution in [2.75, 3.05) is 11.9 Å². The molecule has 4 nitrogen and oxygen atoms in total. The average molecular weight is 276 g/mol. The van der Waals surface area contributed by atoms with E-state index < -0.39 is 6.10 Å². The van der Waals surface area contributed by atoms with Crippen LogP contribution < -0.4 is 11.1 Å². The minimum absolute atomic E-state index is 0.107. The lowest BCUT2D eigenvalue weighted by Crippen LogP contribution is -2.24. The molecule has 1 amide bonds. The zero-order valence-electron chi connectivity index (χ0n) is 11.8. The van der Waals surface area contributed by atoms with Gasteiger partial charge in [-0.15, -0.1) is 0 Å². The monoisotopic (exact) mass is 276 g/mol. The predicted molar refractivity (Wildman–Crippen MR) is 80.3 cm³/mol. The van der Waals surface area contributed by atoms with E-state index in [-0.39, 0.29) is 11.8 Å². The highest BCUT2D eigenvalue weighted by Crippen LogP contribution is 2.26. The molecule has 0 saturated heterocycles. The van der Waals surface area contributed by atoms with Gasteiger partial charge in [0, 0.05) is 11.6 Å². The van der Waals surface area contributed by atoms with Crippen LogP contribution >= 0.6 is 0 Å². The molecule has 0 radical (unpaired) electrons. The van der Waals surface area contributed by atoms with Crippen LogP contribution in [0.1, 0.15) is 50.2 Å². The van der Waals surface area contributed by atoms with Crippen molar-refractivity contribution in [3.05, 3.63) is 29.8 Å². The first kappa shape index (κ1) is 15.0. The van der Waals surface area contributed by atoms with Gasteiger partial charge in [0.2, 0.25) is 5.91 Å². The normalized spacial score (nSPS) is 17.7. The molecule has 1 aromatic carbocycles. The van der Waals surface area contributed by atoms with E-state index >= 15 is 0 Å². The summed E-state index contributed by atoms with van der Waals surface area (Å²) in [6.07, 6.45) is 5.47. The van der Waals surface area contributed by atoms with Crippen molar-refractivity contribution in [3.8, 4) is 0 Å². The molecule has 4 heteroatoms. The van der Waals surface area contributed by atoms with E-state index in [0.717, 1.165) is 36.9 Å². The number of amides is 1. The number of rotatable bonds is 5. The molecule has 0 aromatic heterocycles. The van der Waals surface area contributed by atoms with Crippen molar-refractivity contribution in [1.82, 2.24) is 0 Å². The molecule has 1 fully saturated rings. The summed E-state index contributed by atoms with van der Waals surface area (Å²) in [5.41, 5.74) is 7.01. The second-order valence-electron chi connectivity index (χ2n) is 5.54. The largest absolute Gasteiger partial charge is 0.388 e. The van der Waals surface area contributed by atoms with Gasteiger partial charge in [-0.2, -0.15) is 0 Å². The molecular weight excluding hydrogens is 252 g/mol. The van der Waals surface area contributed by atoms with Gasteiger partial charge in [0.25, 0.3) is 0 Å². The van der Waals surface area contributed by atoms with Crippen LogP contribution in [-0.4, -0.2) is 17.6 Å². The minimum Gasteiger partial charge on any atom is -0.388 e. The molecule has 0 heterocycles. The fourth-order valence-corrected chi connectivity index (χ4v) is 2.76. The van der Waals surface area contributed by atoms with Crippen LogP contribution in [0.25, 0.3) is 0 Å². The Labute approximate surface area is 120 Å². The molecule has 1 atom stereocenters. The lowest BCUT2D eigenvalue weighted by molar-refractivity contribution is -0.120. The topological polar surface area (TPSA) is 75.3 Å². The Morgan fingerprint density at radius 3 is 2.80 bits per heavy atom. The van der Waals surface area contributed by atoms with Crippen LogP contribution in [-0.2, 0) is 4.79 Å². The molecule has 0 aliphatic heterocycles. The third-order valence-electron chi connectivity index (χ3n) is 3.96. The molecule has 20 heavy (non-hydrogen) atoms. The number of carbonyl (C=O) groups is 1. The SMILES string of the molecule is NCCC(O)c1cccc(NC(=O)C2CCCCC2)c1. The molecule has 1 unspecified atom stereocenters. The fourth-order valence-electron chi connectivity index (χ4n) is 2.76. The Hall–Kier alpha value is -1.39. The average Bonchev–Trinajstić information content (AvgIpc) is 2.48. The van der Waals surface area contributed by atoms with Crippen LogP contribution in [0.4, 0.5) is 5.69 Å². The molecule has 1 saturated carbocycles. The van der Waals surface area contributed by atoms with Crippen LogP contribution in [0, 0.1) is 5.92 Å². The Morgan fingerprint density at radius 2 is 2.10 bits per heavy atom. The number of aliphatic hydroxyl groups is 1. The highest BCUT2D eigenvalue weighted by molar-refractivity contribution is 5.92. The maximum Gasteiger partial charge on any atom is 0.227 e. The van der Waals surface area contributed by atoms with Crippen molar-refractivity contribution in [2.24, 2.45) is 11.7 Å². The van der Waals surface area contributed by atoms with Crippen molar-refractivity contribution < 1.29 is 9.90 Å². The first-order valence-corrected chi connectivity index (χ1v) is 7.49. The molecule has 0 spiro atoms. The van der Waals surface area contributed by atoms with Gasteiger partial charge in [-0.05, 0) is 43.5 Å². The van der Waals surface area contributed by atoms with Crippen LogP contribution in [0.2, 0.25) is 0 Å². The lowest BCUT2D eigenvalue weighted by atomic mass is 9.88. The van der Waals surface area contributed by atoms with E-state index in [1.165, 1.54) is 6.42 Å². The number of benzene rings is 1. The van der Waals surface area contributed by atoms with E-state index in [2.05, 4.69) is 5.32 Å². The summed E-state index contributed by atoms with van der Waals surface area (Å²) in [7, 11) is 0. The number of hydrogen-bond acceptors (Lipinski definition) is 3. The maximum atomic E-state index is 12.2. The number of nitrogens with one attached hydrogen (secondary N) is 1. The van der Waals surface area contributed by atoms with Crippen LogP contribution in [0.3, 0.4) is 0 Å². The summed E-state index contributed by atoms with van der Waals surface area (Å²) in [5.74, 6) is 0.247. The molecular formula is C16H24N2O2. The molecule has 4 N–H and O–H groups in total. The van der Waals surface area contributed by atoms with Gasteiger partial charge in [0.1, 0.15) is 0 Å². The van der Waals surface area contributed by atoms with E-state index in [1.807, 2.05) is 24.3 Å². The molecule has 1 aliphatic rings. The van der Waals surface area contributed by atoms with Crippen molar-refractivity contribution in [3.63, 3.8) is 0 Å². The predicted octanol–water partition coefficient (Wildman–Crippen LogP) is 2.59. The van der Waals surface area contributed by atoms with E-state index in [9.17, 15) is 9.90 Å². The molecule has 1 aromatic rings. The number of hydrogen-bond donors (Lipinski definition) is 3. The second kappa shape index (κ2) is 7.41.